The third kappa shape index (κ3) is 3.65. The molecule has 3 aromatic rings. The fourth-order valence-electron chi connectivity index (χ4n) is 3.73. The molecule has 29 heavy (non-hydrogen) atoms. The number of ether oxygens (including phenoxy) is 1. The molecule has 0 amide bonds. The summed E-state index contributed by atoms with van der Waals surface area (Å²) in [4.78, 5) is 14.2. The molecule has 1 aliphatic rings. The third-order valence-corrected chi connectivity index (χ3v) is 5.02. The van der Waals surface area contributed by atoms with Crippen LogP contribution in [0.25, 0.3) is 22.3 Å². The van der Waals surface area contributed by atoms with Crippen LogP contribution < -0.4 is 15.4 Å². The Labute approximate surface area is 167 Å². The number of anilines is 1. The summed E-state index contributed by atoms with van der Waals surface area (Å²) >= 11 is 0. The van der Waals surface area contributed by atoms with Crippen molar-refractivity contribution in [1.82, 2.24) is 0 Å². The first-order valence-electron chi connectivity index (χ1n) is 9.60. The number of nitrogens with two attached hydrogens (primary N) is 1. The number of aromatic carboxylic acids is 1. The average Bonchev–Trinajstić information content (AvgIpc) is 3.24. The monoisotopic (exact) mass is 398 g/mol. The average molecular weight is 398 g/mol. The summed E-state index contributed by atoms with van der Waals surface area (Å²) in [5.74, 6) is -0.731. The van der Waals surface area contributed by atoms with Gasteiger partial charge in [0.25, 0.3) is 0 Å². The maximum absolute atomic E-state index is 13.3. The van der Waals surface area contributed by atoms with E-state index in [0.717, 1.165) is 18.7 Å². The van der Waals surface area contributed by atoms with Crippen LogP contribution in [0, 0.1) is 5.82 Å². The maximum Gasteiger partial charge on any atom is 0.340 e. The van der Waals surface area contributed by atoms with Crippen LogP contribution >= 0.6 is 0 Å². The lowest BCUT2D eigenvalue weighted by Gasteiger charge is -2.23. The first-order valence-corrected chi connectivity index (χ1v) is 9.60. The molecular weight excluding hydrogens is 375 g/mol. The lowest BCUT2D eigenvalue weighted by molar-refractivity contribution is 0.0699. The first kappa shape index (κ1) is 19.3. The molecule has 2 heterocycles. The van der Waals surface area contributed by atoms with Gasteiger partial charge in [0.15, 0.2) is 0 Å². The Morgan fingerprint density at radius 1 is 1.31 bits per heavy atom. The molecule has 1 aliphatic heterocycles. The minimum Gasteiger partial charge on any atom is -0.489 e. The quantitative estimate of drug-likeness (QED) is 0.668. The van der Waals surface area contributed by atoms with Gasteiger partial charge < -0.3 is 24.9 Å². The largest absolute Gasteiger partial charge is 0.489 e. The minimum absolute atomic E-state index is 0.0323. The number of carboxylic acids is 1. The fourth-order valence-corrected chi connectivity index (χ4v) is 3.73. The Morgan fingerprint density at radius 3 is 2.62 bits per heavy atom. The second kappa shape index (κ2) is 7.40. The number of hydrogen-bond acceptors (Lipinski definition) is 5. The Hall–Kier alpha value is -3.06. The number of benzene rings is 2. The molecule has 3 N–H and O–H groups in total. The van der Waals surface area contributed by atoms with E-state index in [0.29, 0.717) is 28.8 Å². The Morgan fingerprint density at radius 2 is 2.03 bits per heavy atom. The van der Waals surface area contributed by atoms with Crippen molar-refractivity contribution in [3.8, 4) is 17.1 Å². The number of fused-ring (bicyclic) bond motifs is 1. The zero-order chi connectivity index (χ0) is 20.7. The lowest BCUT2D eigenvalue weighted by atomic mass is 10.0. The van der Waals surface area contributed by atoms with Gasteiger partial charge in [-0.1, -0.05) is 0 Å². The lowest BCUT2D eigenvalue weighted by Crippen LogP contribution is -2.26. The van der Waals surface area contributed by atoms with Crippen LogP contribution in [0.5, 0.6) is 5.75 Å². The zero-order valence-electron chi connectivity index (χ0n) is 16.3. The van der Waals surface area contributed by atoms with Crippen molar-refractivity contribution in [1.29, 1.82) is 0 Å². The summed E-state index contributed by atoms with van der Waals surface area (Å²) in [5.41, 5.74) is 7.86. The summed E-state index contributed by atoms with van der Waals surface area (Å²) < 4.78 is 25.3. The maximum atomic E-state index is 13.3. The Kier molecular flexibility index (Phi) is 4.92. The highest BCUT2D eigenvalue weighted by Gasteiger charge is 2.27. The van der Waals surface area contributed by atoms with Crippen LogP contribution in [0.15, 0.2) is 40.8 Å². The predicted octanol–water partition coefficient (Wildman–Crippen LogP) is 4.26. The van der Waals surface area contributed by atoms with Crippen molar-refractivity contribution in [3.05, 3.63) is 47.8 Å². The first-order chi connectivity index (χ1) is 13.8. The van der Waals surface area contributed by atoms with Crippen LogP contribution in [0.4, 0.5) is 10.1 Å². The molecule has 6 nitrogen and oxygen atoms in total. The van der Waals surface area contributed by atoms with Gasteiger partial charge in [-0.05, 0) is 50.6 Å². The van der Waals surface area contributed by atoms with E-state index in [9.17, 15) is 14.3 Å². The van der Waals surface area contributed by atoms with Crippen LogP contribution in [0.2, 0.25) is 0 Å². The van der Waals surface area contributed by atoms with Crippen LogP contribution in [0.3, 0.4) is 0 Å². The van der Waals surface area contributed by atoms with Gasteiger partial charge in [-0.2, -0.15) is 0 Å². The highest BCUT2D eigenvalue weighted by Crippen LogP contribution is 2.41. The highest BCUT2D eigenvalue weighted by molar-refractivity contribution is 6.09. The van der Waals surface area contributed by atoms with Gasteiger partial charge in [0.1, 0.15) is 28.5 Å². The van der Waals surface area contributed by atoms with Crippen molar-refractivity contribution in [3.63, 3.8) is 0 Å². The molecular formula is C22H23FN2O4. The SMILES string of the molecule is CC(C)Oc1cc2c(C(=O)O)c(-c3ccc(F)cc3)oc2cc1N1CCC(N)C1. The Balaban J connectivity index is 1.92. The molecule has 1 unspecified atom stereocenters. The second-order valence-corrected chi connectivity index (χ2v) is 7.60. The number of carboxylic acid groups (broad SMARTS) is 1. The molecule has 4 rings (SSSR count). The molecule has 2 aromatic carbocycles. The molecule has 152 valence electrons. The summed E-state index contributed by atoms with van der Waals surface area (Å²) in [6.07, 6.45) is 0.789. The molecule has 1 saturated heterocycles. The van der Waals surface area contributed by atoms with E-state index in [4.69, 9.17) is 14.9 Å². The standard InChI is InChI=1S/C22H23FN2O4/c1-12(2)28-19-9-16-18(10-17(19)25-8-7-15(24)11-25)29-21(20(16)22(26)27)13-3-5-14(23)6-4-13/h3-6,9-10,12,15H,7-8,11,24H2,1-2H3,(H,26,27). The van der Waals surface area contributed by atoms with Crippen LogP contribution in [0.1, 0.15) is 30.6 Å². The normalized spacial score (nSPS) is 16.7. The molecule has 0 bridgehead atoms. The van der Waals surface area contributed by atoms with Gasteiger partial charge in [-0.25, -0.2) is 9.18 Å². The van der Waals surface area contributed by atoms with E-state index in [1.54, 1.807) is 6.07 Å². The van der Waals surface area contributed by atoms with E-state index in [-0.39, 0.29) is 23.5 Å². The summed E-state index contributed by atoms with van der Waals surface area (Å²) in [7, 11) is 0. The third-order valence-electron chi connectivity index (χ3n) is 5.02. The number of rotatable bonds is 5. The molecule has 1 atom stereocenters. The highest BCUT2D eigenvalue weighted by atomic mass is 19.1. The molecule has 7 heteroatoms. The summed E-state index contributed by atoms with van der Waals surface area (Å²) in [6, 6.07) is 9.17. The topological polar surface area (TPSA) is 88.9 Å². The van der Waals surface area contributed by atoms with Crippen molar-refractivity contribution in [2.45, 2.75) is 32.4 Å². The van der Waals surface area contributed by atoms with Crippen molar-refractivity contribution < 1.29 is 23.4 Å². The van der Waals surface area contributed by atoms with E-state index in [2.05, 4.69) is 4.90 Å². The van der Waals surface area contributed by atoms with Gasteiger partial charge in [0, 0.05) is 36.1 Å². The molecule has 0 saturated carbocycles. The van der Waals surface area contributed by atoms with E-state index < -0.39 is 11.8 Å². The second-order valence-electron chi connectivity index (χ2n) is 7.60. The van der Waals surface area contributed by atoms with Crippen molar-refractivity contribution >= 4 is 22.6 Å². The van der Waals surface area contributed by atoms with Gasteiger partial charge in [0.05, 0.1) is 11.8 Å². The van der Waals surface area contributed by atoms with E-state index in [1.807, 2.05) is 19.9 Å². The molecule has 0 spiro atoms. The van der Waals surface area contributed by atoms with Crippen molar-refractivity contribution in [2.75, 3.05) is 18.0 Å². The number of carbonyl (C=O) groups is 1. The van der Waals surface area contributed by atoms with E-state index in [1.165, 1.54) is 24.3 Å². The van der Waals surface area contributed by atoms with Gasteiger partial charge in [0.2, 0.25) is 0 Å². The number of furan rings is 1. The molecule has 1 fully saturated rings. The summed E-state index contributed by atoms with van der Waals surface area (Å²) in [6.45, 7) is 5.32. The Bertz CT molecular complexity index is 1060. The zero-order valence-corrected chi connectivity index (χ0v) is 16.3. The fraction of sp³-hybridized carbons (Fsp3) is 0.318. The smallest absolute Gasteiger partial charge is 0.340 e. The molecule has 0 aliphatic carbocycles. The summed E-state index contributed by atoms with van der Waals surface area (Å²) in [5, 5.41) is 10.3. The van der Waals surface area contributed by atoms with E-state index >= 15 is 0 Å². The minimum atomic E-state index is -1.12. The number of hydrogen-bond donors (Lipinski definition) is 2. The van der Waals surface area contributed by atoms with Gasteiger partial charge in [-0.15, -0.1) is 0 Å². The van der Waals surface area contributed by atoms with Gasteiger partial charge in [-0.3, -0.25) is 0 Å². The predicted molar refractivity (Wildman–Crippen MR) is 109 cm³/mol. The molecule has 1 aromatic heterocycles. The number of nitrogens with zero attached hydrogens (tertiary/aromatic N) is 1. The van der Waals surface area contributed by atoms with Gasteiger partial charge >= 0.3 is 5.97 Å². The number of halogens is 1. The molecule has 0 radical (unpaired) electrons. The van der Waals surface area contributed by atoms with Crippen molar-refractivity contribution in [2.24, 2.45) is 5.73 Å². The van der Waals surface area contributed by atoms with Crippen LogP contribution in [-0.4, -0.2) is 36.3 Å². The van der Waals surface area contributed by atoms with Crippen LogP contribution in [-0.2, 0) is 0 Å².